The molecule has 5 heteroatoms. The lowest BCUT2D eigenvalue weighted by Crippen LogP contribution is -2.21. The van der Waals surface area contributed by atoms with Gasteiger partial charge in [-0.2, -0.15) is 0 Å². The third-order valence-corrected chi connectivity index (χ3v) is 3.18. The highest BCUT2D eigenvalue weighted by Crippen LogP contribution is 2.29. The molecule has 3 nitrogen and oxygen atoms in total. The monoisotopic (exact) mass is 262 g/mol. The summed E-state index contributed by atoms with van der Waals surface area (Å²) in [5.74, 6) is 0.175. The van der Waals surface area contributed by atoms with Crippen molar-refractivity contribution < 1.29 is 14.3 Å². The maximum absolute atomic E-state index is 11.2. The summed E-state index contributed by atoms with van der Waals surface area (Å²) in [7, 11) is 2.85. The van der Waals surface area contributed by atoms with Gasteiger partial charge in [0.25, 0.3) is 0 Å². The van der Waals surface area contributed by atoms with Crippen LogP contribution in [0.3, 0.4) is 0 Å². The van der Waals surface area contributed by atoms with Crippen LogP contribution >= 0.6 is 23.2 Å². The molecule has 2 atom stereocenters. The van der Waals surface area contributed by atoms with Crippen molar-refractivity contribution in [2.24, 2.45) is 0 Å². The number of hydrogen-bond donors (Lipinski definition) is 0. The van der Waals surface area contributed by atoms with Gasteiger partial charge in [-0.3, -0.25) is 4.79 Å². The van der Waals surface area contributed by atoms with Crippen molar-refractivity contribution in [1.82, 2.24) is 0 Å². The second-order valence-electron chi connectivity index (χ2n) is 3.10. The first kappa shape index (κ1) is 13.1. The van der Waals surface area contributed by atoms with Gasteiger partial charge >= 0.3 is 5.97 Å². The number of rotatable bonds is 4. The van der Waals surface area contributed by atoms with E-state index in [1.54, 1.807) is 31.4 Å². The van der Waals surface area contributed by atoms with E-state index in [-0.39, 0.29) is 0 Å². The molecule has 0 radical (unpaired) electrons. The van der Waals surface area contributed by atoms with Crippen molar-refractivity contribution in [3.05, 3.63) is 29.8 Å². The van der Waals surface area contributed by atoms with Crippen LogP contribution in [0, 0.1) is 0 Å². The zero-order valence-corrected chi connectivity index (χ0v) is 10.5. The smallest absolute Gasteiger partial charge is 0.325 e. The molecule has 0 aromatic heterocycles. The van der Waals surface area contributed by atoms with Crippen LogP contribution in [0.25, 0.3) is 0 Å². The Balaban J connectivity index is 2.79. The molecule has 0 bridgehead atoms. The van der Waals surface area contributed by atoms with Crippen molar-refractivity contribution in [2.45, 2.75) is 10.8 Å². The first-order chi connectivity index (χ1) is 7.60. The average molecular weight is 263 g/mol. The minimum atomic E-state index is -0.903. The Morgan fingerprint density at radius 1 is 1.19 bits per heavy atom. The van der Waals surface area contributed by atoms with Gasteiger partial charge in [0.1, 0.15) is 5.75 Å². The molecule has 16 heavy (non-hydrogen) atoms. The summed E-state index contributed by atoms with van der Waals surface area (Å²) in [5.41, 5.74) is 0.743. The quantitative estimate of drug-likeness (QED) is 0.619. The summed E-state index contributed by atoms with van der Waals surface area (Å²) in [6.07, 6.45) is 0. The Morgan fingerprint density at radius 3 is 2.19 bits per heavy atom. The van der Waals surface area contributed by atoms with Gasteiger partial charge in [0.15, 0.2) is 5.38 Å². The molecule has 2 unspecified atom stereocenters. The van der Waals surface area contributed by atoms with Gasteiger partial charge in [-0.1, -0.05) is 12.1 Å². The minimum absolute atomic E-state index is 0.544. The lowest BCUT2D eigenvalue weighted by Gasteiger charge is -2.14. The van der Waals surface area contributed by atoms with Crippen LogP contribution < -0.4 is 4.74 Å². The highest BCUT2D eigenvalue weighted by atomic mass is 35.5. The number of halogens is 2. The first-order valence-corrected chi connectivity index (χ1v) is 5.47. The second-order valence-corrected chi connectivity index (χ2v) is 4.04. The van der Waals surface area contributed by atoms with E-state index in [1.807, 2.05) is 0 Å². The molecular weight excluding hydrogens is 251 g/mol. The molecule has 88 valence electrons. The Labute approximate surface area is 104 Å². The third-order valence-electron chi connectivity index (χ3n) is 2.12. The Bertz CT molecular complexity index is 351. The van der Waals surface area contributed by atoms with Crippen LogP contribution in [0.1, 0.15) is 10.9 Å². The van der Waals surface area contributed by atoms with Crippen LogP contribution in [-0.2, 0) is 9.53 Å². The zero-order chi connectivity index (χ0) is 12.1. The summed E-state index contributed by atoms with van der Waals surface area (Å²) in [6, 6.07) is 7.03. The fraction of sp³-hybridized carbons (Fsp3) is 0.364. The van der Waals surface area contributed by atoms with Crippen LogP contribution in [0.4, 0.5) is 0 Å². The van der Waals surface area contributed by atoms with Crippen molar-refractivity contribution in [1.29, 1.82) is 0 Å². The molecule has 0 heterocycles. The van der Waals surface area contributed by atoms with E-state index in [4.69, 9.17) is 27.9 Å². The van der Waals surface area contributed by atoms with E-state index >= 15 is 0 Å². The topological polar surface area (TPSA) is 35.5 Å². The SMILES string of the molecule is COC(=O)C(Cl)C(Cl)c1ccc(OC)cc1. The largest absolute Gasteiger partial charge is 0.497 e. The van der Waals surface area contributed by atoms with Crippen LogP contribution in [-0.4, -0.2) is 25.6 Å². The summed E-state index contributed by atoms with van der Waals surface area (Å²) in [6.45, 7) is 0. The number of carbonyl (C=O) groups is 1. The van der Waals surface area contributed by atoms with Crippen LogP contribution in [0.5, 0.6) is 5.75 Å². The van der Waals surface area contributed by atoms with Crippen molar-refractivity contribution >= 4 is 29.2 Å². The Kier molecular flexibility index (Phi) is 4.90. The highest BCUT2D eigenvalue weighted by molar-refractivity contribution is 6.36. The molecule has 0 saturated heterocycles. The number of benzene rings is 1. The number of hydrogen-bond acceptors (Lipinski definition) is 3. The molecule has 1 aromatic carbocycles. The van der Waals surface area contributed by atoms with E-state index in [0.717, 1.165) is 11.3 Å². The fourth-order valence-corrected chi connectivity index (χ4v) is 1.67. The molecule has 0 aliphatic carbocycles. The molecule has 0 N–H and O–H groups in total. The molecule has 1 aromatic rings. The van der Waals surface area contributed by atoms with Gasteiger partial charge in [0.05, 0.1) is 19.6 Å². The fourth-order valence-electron chi connectivity index (χ4n) is 1.19. The maximum Gasteiger partial charge on any atom is 0.325 e. The zero-order valence-electron chi connectivity index (χ0n) is 8.94. The van der Waals surface area contributed by atoms with Gasteiger partial charge in [-0.15, -0.1) is 23.2 Å². The van der Waals surface area contributed by atoms with Gasteiger partial charge in [0, 0.05) is 0 Å². The summed E-state index contributed by atoms with van der Waals surface area (Å²) in [5, 5.41) is -1.53. The molecule has 0 amide bonds. The summed E-state index contributed by atoms with van der Waals surface area (Å²) in [4.78, 5) is 11.2. The number of methoxy groups -OCH3 is 2. The highest BCUT2D eigenvalue weighted by Gasteiger charge is 2.26. The lowest BCUT2D eigenvalue weighted by atomic mass is 10.1. The molecule has 0 aliphatic heterocycles. The summed E-state index contributed by atoms with van der Waals surface area (Å²) >= 11 is 11.9. The van der Waals surface area contributed by atoms with E-state index < -0.39 is 16.7 Å². The third kappa shape index (κ3) is 3.03. The van der Waals surface area contributed by atoms with Gasteiger partial charge in [-0.05, 0) is 17.7 Å². The average Bonchev–Trinajstić information content (AvgIpc) is 2.36. The number of alkyl halides is 2. The van der Waals surface area contributed by atoms with Crippen molar-refractivity contribution in [3.63, 3.8) is 0 Å². The molecule has 0 saturated carbocycles. The Morgan fingerprint density at radius 2 is 1.75 bits per heavy atom. The van der Waals surface area contributed by atoms with Crippen LogP contribution in [0.15, 0.2) is 24.3 Å². The first-order valence-electron chi connectivity index (χ1n) is 4.60. The summed E-state index contributed by atoms with van der Waals surface area (Å²) < 4.78 is 9.53. The standard InChI is InChI=1S/C11H12Cl2O3/c1-15-8-5-3-7(4-6-8)9(12)10(13)11(14)16-2/h3-6,9-10H,1-2H3. The molecule has 0 spiro atoms. The molecule has 1 rings (SSSR count). The maximum atomic E-state index is 11.2. The predicted octanol–water partition coefficient (Wildman–Crippen LogP) is 2.76. The van der Waals surface area contributed by atoms with Gasteiger partial charge in [0.2, 0.25) is 0 Å². The van der Waals surface area contributed by atoms with Crippen LogP contribution in [0.2, 0.25) is 0 Å². The minimum Gasteiger partial charge on any atom is -0.497 e. The second kappa shape index (κ2) is 5.97. The van der Waals surface area contributed by atoms with Crippen molar-refractivity contribution in [3.8, 4) is 5.75 Å². The normalized spacial score (nSPS) is 14.0. The van der Waals surface area contributed by atoms with E-state index in [1.165, 1.54) is 7.11 Å². The van der Waals surface area contributed by atoms with Gasteiger partial charge < -0.3 is 9.47 Å². The predicted molar refractivity (Wildman–Crippen MR) is 63.2 cm³/mol. The molecule has 0 aliphatic rings. The van der Waals surface area contributed by atoms with E-state index in [0.29, 0.717) is 0 Å². The van der Waals surface area contributed by atoms with E-state index in [2.05, 4.69) is 4.74 Å². The van der Waals surface area contributed by atoms with Gasteiger partial charge in [-0.25, -0.2) is 0 Å². The molecule has 0 fully saturated rings. The Hall–Kier alpha value is -0.930. The van der Waals surface area contributed by atoms with Crippen molar-refractivity contribution in [2.75, 3.05) is 14.2 Å². The number of carbonyl (C=O) groups excluding carboxylic acids is 1. The lowest BCUT2D eigenvalue weighted by molar-refractivity contribution is -0.140. The number of esters is 1. The van der Waals surface area contributed by atoms with E-state index in [9.17, 15) is 4.79 Å². The number of ether oxygens (including phenoxy) is 2. The molecular formula is C11H12Cl2O3.